The minimum absolute atomic E-state index is 0.000716. The van der Waals surface area contributed by atoms with E-state index in [4.69, 9.17) is 23.2 Å². The Labute approximate surface area is 159 Å². The Hall–Kier alpha value is -2.10. The number of hydrogen-bond acceptors (Lipinski definition) is 4. The number of nitrogens with one attached hydrogen (secondary N) is 1. The highest BCUT2D eigenvalue weighted by Gasteiger charge is 2.20. The van der Waals surface area contributed by atoms with Crippen LogP contribution < -0.4 is 4.72 Å². The summed E-state index contributed by atoms with van der Waals surface area (Å²) < 4.78 is 43.8. The zero-order chi connectivity index (χ0) is 18.9. The molecule has 0 aliphatic heterocycles. The second-order valence-corrected chi connectivity index (χ2v) is 7.86. The van der Waals surface area contributed by atoms with Crippen molar-refractivity contribution in [1.29, 1.82) is 0 Å². The van der Waals surface area contributed by atoms with Gasteiger partial charge in [-0.1, -0.05) is 29.3 Å². The van der Waals surface area contributed by atoms with Crippen molar-refractivity contribution in [2.24, 2.45) is 0 Å². The molecule has 7 nitrogen and oxygen atoms in total. The quantitative estimate of drug-likeness (QED) is 0.666. The number of benzene rings is 1. The van der Waals surface area contributed by atoms with Gasteiger partial charge in [0.1, 0.15) is 15.7 Å². The number of rotatable bonds is 6. The normalized spacial score (nSPS) is 11.7. The van der Waals surface area contributed by atoms with E-state index in [-0.39, 0.29) is 32.9 Å². The molecule has 3 rings (SSSR count). The van der Waals surface area contributed by atoms with Gasteiger partial charge in [0.25, 0.3) is 10.0 Å². The van der Waals surface area contributed by atoms with Gasteiger partial charge in [0.2, 0.25) is 0 Å². The van der Waals surface area contributed by atoms with Crippen LogP contribution in [0.15, 0.2) is 41.7 Å². The molecule has 3 aromatic rings. The third-order valence-corrected chi connectivity index (χ3v) is 5.50. The fourth-order valence-corrected chi connectivity index (χ4v) is 3.68. The molecule has 0 amide bonds. The van der Waals surface area contributed by atoms with Crippen LogP contribution in [0.4, 0.5) is 10.2 Å². The summed E-state index contributed by atoms with van der Waals surface area (Å²) in [5.41, 5.74) is 0.229. The molecular weight excluding hydrogens is 404 g/mol. The maximum Gasteiger partial charge on any atom is 0.266 e. The van der Waals surface area contributed by atoms with E-state index >= 15 is 0 Å². The van der Waals surface area contributed by atoms with Crippen molar-refractivity contribution in [2.75, 3.05) is 4.72 Å². The molecule has 0 aliphatic rings. The average Bonchev–Trinajstić information content (AvgIpc) is 3.19. The van der Waals surface area contributed by atoms with Crippen LogP contribution >= 0.6 is 23.2 Å². The average molecular weight is 418 g/mol. The van der Waals surface area contributed by atoms with Crippen LogP contribution in [-0.2, 0) is 23.1 Å². The monoisotopic (exact) mass is 417 g/mol. The Bertz CT molecular complexity index is 1030. The van der Waals surface area contributed by atoms with Crippen molar-refractivity contribution >= 4 is 39.0 Å². The summed E-state index contributed by atoms with van der Waals surface area (Å²) >= 11 is 12.1. The number of anilines is 1. The van der Waals surface area contributed by atoms with Crippen LogP contribution in [0.25, 0.3) is 0 Å². The van der Waals surface area contributed by atoms with Crippen molar-refractivity contribution in [3.05, 3.63) is 58.2 Å². The molecule has 0 spiro atoms. The van der Waals surface area contributed by atoms with Gasteiger partial charge in [-0.2, -0.15) is 10.2 Å². The lowest BCUT2D eigenvalue weighted by Gasteiger charge is -2.06. The van der Waals surface area contributed by atoms with Crippen molar-refractivity contribution in [1.82, 2.24) is 19.6 Å². The topological polar surface area (TPSA) is 81.8 Å². The van der Waals surface area contributed by atoms with E-state index in [1.165, 1.54) is 40.1 Å². The minimum atomic E-state index is -3.89. The number of aromatic nitrogens is 4. The minimum Gasteiger partial charge on any atom is -0.272 e. The molecule has 2 aromatic heterocycles. The third-order valence-electron chi connectivity index (χ3n) is 3.57. The molecular formula is C15H14Cl2FN5O2S. The van der Waals surface area contributed by atoms with Crippen molar-refractivity contribution in [2.45, 2.75) is 24.9 Å². The highest BCUT2D eigenvalue weighted by atomic mass is 35.5. The van der Waals surface area contributed by atoms with Gasteiger partial charge < -0.3 is 0 Å². The molecule has 0 aliphatic carbocycles. The maximum absolute atomic E-state index is 13.9. The van der Waals surface area contributed by atoms with E-state index < -0.39 is 15.8 Å². The molecule has 2 heterocycles. The van der Waals surface area contributed by atoms with Gasteiger partial charge in [0, 0.05) is 29.5 Å². The second-order valence-electron chi connectivity index (χ2n) is 5.36. The molecule has 11 heteroatoms. The Morgan fingerprint density at radius 1 is 1.19 bits per heavy atom. The van der Waals surface area contributed by atoms with Crippen molar-refractivity contribution in [3.8, 4) is 0 Å². The summed E-state index contributed by atoms with van der Waals surface area (Å²) in [6.07, 6.45) is 4.01. The molecule has 0 radical (unpaired) electrons. The lowest BCUT2D eigenvalue weighted by molar-refractivity contribution is 0.585. The zero-order valence-electron chi connectivity index (χ0n) is 13.5. The molecule has 0 atom stereocenters. The number of nitrogens with zero attached hydrogens (tertiary/aromatic N) is 4. The molecule has 0 saturated carbocycles. The van der Waals surface area contributed by atoms with Crippen LogP contribution in [0.2, 0.25) is 10.0 Å². The van der Waals surface area contributed by atoms with Crippen molar-refractivity contribution in [3.63, 3.8) is 0 Å². The first kappa shape index (κ1) is 18.7. The van der Waals surface area contributed by atoms with Crippen LogP contribution in [0.5, 0.6) is 0 Å². The lowest BCUT2D eigenvalue weighted by Crippen LogP contribution is -2.13. The highest BCUT2D eigenvalue weighted by Crippen LogP contribution is 2.25. The van der Waals surface area contributed by atoms with Crippen LogP contribution in [0, 0.1) is 5.82 Å². The molecule has 26 heavy (non-hydrogen) atoms. The summed E-state index contributed by atoms with van der Waals surface area (Å²) in [5, 5.41) is 8.31. The SMILES string of the molecule is CCn1cc(S(=O)(=O)Nc2nn(Cc3c(F)cccc3Cl)cc2Cl)cn1. The van der Waals surface area contributed by atoms with E-state index in [9.17, 15) is 12.8 Å². The van der Waals surface area contributed by atoms with E-state index in [0.29, 0.717) is 6.54 Å². The number of hydrogen-bond donors (Lipinski definition) is 1. The van der Waals surface area contributed by atoms with Gasteiger partial charge >= 0.3 is 0 Å². The molecule has 0 saturated heterocycles. The predicted molar refractivity (Wildman–Crippen MR) is 96.5 cm³/mol. The molecule has 138 valence electrons. The summed E-state index contributed by atoms with van der Waals surface area (Å²) in [6, 6.07) is 4.33. The van der Waals surface area contributed by atoms with Gasteiger partial charge in [0.05, 0.1) is 12.7 Å². The Morgan fingerprint density at radius 2 is 1.96 bits per heavy atom. The molecule has 1 aromatic carbocycles. The largest absolute Gasteiger partial charge is 0.272 e. The van der Waals surface area contributed by atoms with E-state index in [1.54, 1.807) is 6.07 Å². The van der Waals surface area contributed by atoms with Gasteiger partial charge in [-0.25, -0.2) is 12.8 Å². The third kappa shape index (κ3) is 3.84. The maximum atomic E-state index is 13.9. The van der Waals surface area contributed by atoms with Crippen LogP contribution in [0.3, 0.4) is 0 Å². The summed E-state index contributed by atoms with van der Waals surface area (Å²) in [7, 11) is -3.89. The molecule has 0 bridgehead atoms. The van der Waals surface area contributed by atoms with Crippen molar-refractivity contribution < 1.29 is 12.8 Å². The Morgan fingerprint density at radius 3 is 2.62 bits per heavy atom. The first-order chi connectivity index (χ1) is 12.3. The Balaban J connectivity index is 1.84. The highest BCUT2D eigenvalue weighted by molar-refractivity contribution is 7.92. The van der Waals surface area contributed by atoms with Gasteiger partial charge in [-0.05, 0) is 19.1 Å². The smallest absolute Gasteiger partial charge is 0.266 e. The van der Waals surface area contributed by atoms with Crippen LogP contribution in [0.1, 0.15) is 12.5 Å². The van der Waals surface area contributed by atoms with E-state index in [2.05, 4.69) is 14.9 Å². The molecule has 0 unspecified atom stereocenters. The standard InChI is InChI=1S/C15H14Cl2FN5O2S/c1-2-22-7-10(6-19-22)26(24,25)21-15-13(17)9-23(20-15)8-11-12(16)4-3-5-14(11)18/h3-7,9H,2,8H2,1H3,(H,20,21). The first-order valence-electron chi connectivity index (χ1n) is 7.51. The lowest BCUT2D eigenvalue weighted by atomic mass is 10.2. The number of aryl methyl sites for hydroxylation is 1. The second kappa shape index (κ2) is 7.26. The van der Waals surface area contributed by atoms with Crippen LogP contribution in [-0.4, -0.2) is 28.0 Å². The molecule has 1 N–H and O–H groups in total. The predicted octanol–water partition coefficient (Wildman–Crippen LogP) is 3.39. The van der Waals surface area contributed by atoms with E-state index in [1.807, 2.05) is 6.92 Å². The van der Waals surface area contributed by atoms with Gasteiger partial charge in [0.15, 0.2) is 5.82 Å². The zero-order valence-corrected chi connectivity index (χ0v) is 15.9. The number of sulfonamides is 1. The fraction of sp³-hybridized carbons (Fsp3) is 0.200. The first-order valence-corrected chi connectivity index (χ1v) is 9.75. The fourth-order valence-electron chi connectivity index (χ4n) is 2.24. The summed E-state index contributed by atoms with van der Waals surface area (Å²) in [4.78, 5) is -0.0119. The molecule has 0 fully saturated rings. The summed E-state index contributed by atoms with van der Waals surface area (Å²) in [5.74, 6) is -0.554. The van der Waals surface area contributed by atoms with Gasteiger partial charge in [-0.15, -0.1) is 0 Å². The number of halogens is 3. The van der Waals surface area contributed by atoms with Gasteiger partial charge in [-0.3, -0.25) is 14.1 Å². The summed E-state index contributed by atoms with van der Waals surface area (Å²) in [6.45, 7) is 2.37. The Kier molecular flexibility index (Phi) is 5.22. The van der Waals surface area contributed by atoms with E-state index in [0.717, 1.165) is 0 Å².